The number of piperidine rings is 1. The van der Waals surface area contributed by atoms with Gasteiger partial charge in [0.2, 0.25) is 0 Å². The van der Waals surface area contributed by atoms with Gasteiger partial charge in [-0.3, -0.25) is 4.79 Å². The average molecular weight is 429 g/mol. The molecule has 0 saturated carbocycles. The van der Waals surface area contributed by atoms with Gasteiger partial charge in [0, 0.05) is 25.2 Å². The van der Waals surface area contributed by atoms with Crippen LogP contribution < -0.4 is 14.8 Å². The Bertz CT molecular complexity index is 616. The van der Waals surface area contributed by atoms with Crippen molar-refractivity contribution in [2.24, 2.45) is 0 Å². The van der Waals surface area contributed by atoms with Gasteiger partial charge >= 0.3 is 0 Å². The summed E-state index contributed by atoms with van der Waals surface area (Å²) < 4.78 is 12.0. The van der Waals surface area contributed by atoms with E-state index >= 15 is 0 Å². The second-order valence-corrected chi connectivity index (χ2v) is 8.09. The topological polar surface area (TPSA) is 71.0 Å². The Hall–Kier alpha value is -1.31. The van der Waals surface area contributed by atoms with Crippen LogP contribution in [-0.4, -0.2) is 54.9 Å². The fourth-order valence-electron chi connectivity index (χ4n) is 2.78. The number of nitrogens with one attached hydrogen (secondary N) is 1. The molecular weight excluding hydrogens is 400 g/mol. The number of methoxy groups -OCH3 is 1. The predicted octanol–water partition coefficient (Wildman–Crippen LogP) is 2.71. The molecule has 1 aromatic carbocycles. The number of carbonyl (C=O) groups is 1. The van der Waals surface area contributed by atoms with Crippen molar-refractivity contribution in [2.45, 2.75) is 45.2 Å². The number of nitrogens with zero attached hydrogens (tertiary/aromatic N) is 1. The smallest absolute Gasteiger partial charge is 0.260 e. The number of carbonyl (C=O) groups excluding carboxylic acids is 1. The van der Waals surface area contributed by atoms with Crippen molar-refractivity contribution in [1.29, 1.82) is 0 Å². The molecule has 26 heavy (non-hydrogen) atoms. The van der Waals surface area contributed by atoms with E-state index in [1.165, 1.54) is 6.42 Å². The van der Waals surface area contributed by atoms with E-state index in [-0.39, 0.29) is 24.7 Å². The average Bonchev–Trinajstić information content (AvgIpc) is 2.65. The van der Waals surface area contributed by atoms with Crippen molar-refractivity contribution in [3.8, 4) is 11.5 Å². The summed E-state index contributed by atoms with van der Waals surface area (Å²) in [6.07, 6.45) is 3.31. The van der Waals surface area contributed by atoms with Crippen molar-refractivity contribution in [3.63, 3.8) is 0 Å². The Labute approximate surface area is 164 Å². The minimum Gasteiger partial charge on any atom is -0.493 e. The van der Waals surface area contributed by atoms with Gasteiger partial charge < -0.3 is 24.8 Å². The van der Waals surface area contributed by atoms with Crippen LogP contribution in [0.4, 0.5) is 0 Å². The lowest BCUT2D eigenvalue weighted by Crippen LogP contribution is -2.42. The second-order valence-electron chi connectivity index (χ2n) is 7.23. The van der Waals surface area contributed by atoms with Crippen LogP contribution in [0.3, 0.4) is 0 Å². The number of hydrogen-bond acceptors (Lipinski definition) is 5. The summed E-state index contributed by atoms with van der Waals surface area (Å²) in [6.45, 7) is 6.12. The third kappa shape index (κ3) is 5.86. The number of halogens is 1. The normalized spacial score (nSPS) is 15.0. The van der Waals surface area contributed by atoms with Crippen molar-refractivity contribution in [3.05, 3.63) is 22.2 Å². The molecule has 0 aliphatic carbocycles. The number of amides is 1. The maximum Gasteiger partial charge on any atom is 0.260 e. The van der Waals surface area contributed by atoms with E-state index in [1.54, 1.807) is 7.11 Å². The molecule has 1 fully saturated rings. The number of aliphatic hydroxyl groups excluding tert-OH is 1. The lowest BCUT2D eigenvalue weighted by molar-refractivity contribution is -0.134. The Morgan fingerprint density at radius 2 is 2.00 bits per heavy atom. The molecule has 1 aliphatic rings. The summed E-state index contributed by atoms with van der Waals surface area (Å²) in [4.78, 5) is 14.2. The minimum absolute atomic E-state index is 0.00407. The number of ether oxygens (including phenoxy) is 2. The van der Waals surface area contributed by atoms with Crippen molar-refractivity contribution in [1.82, 2.24) is 10.2 Å². The van der Waals surface area contributed by atoms with Gasteiger partial charge in [0.25, 0.3) is 5.91 Å². The Morgan fingerprint density at radius 3 is 2.62 bits per heavy atom. The summed E-state index contributed by atoms with van der Waals surface area (Å²) in [5, 5.41) is 12.6. The van der Waals surface area contributed by atoms with Crippen LogP contribution in [0.1, 0.15) is 38.7 Å². The second kappa shape index (κ2) is 9.58. The molecule has 0 aromatic heterocycles. The molecule has 146 valence electrons. The van der Waals surface area contributed by atoms with Gasteiger partial charge in [0.05, 0.1) is 18.2 Å². The maximum atomic E-state index is 12.3. The minimum atomic E-state index is -0.365. The molecule has 1 aliphatic heterocycles. The quantitative estimate of drug-likeness (QED) is 0.665. The Balaban J connectivity index is 2.02. The molecule has 2 N–H and O–H groups in total. The van der Waals surface area contributed by atoms with Crippen LogP contribution in [-0.2, 0) is 11.3 Å². The predicted molar refractivity (Wildman–Crippen MR) is 105 cm³/mol. The standard InChI is InChI=1S/C19H29BrN2O4/c1-19(2,13-23)21-11-14-9-15(20)18(16(10-14)25-3)26-12-17(24)22-7-5-4-6-8-22/h9-10,21,23H,4-8,11-13H2,1-3H3. The van der Waals surface area contributed by atoms with E-state index < -0.39 is 0 Å². The van der Waals surface area contributed by atoms with Crippen molar-refractivity contribution < 1.29 is 19.4 Å². The Kier molecular flexibility index (Phi) is 7.73. The van der Waals surface area contributed by atoms with E-state index in [0.717, 1.165) is 36.0 Å². The molecule has 2 rings (SSSR count). The third-order valence-corrected chi connectivity index (χ3v) is 5.09. The molecule has 0 unspecified atom stereocenters. The van der Waals surface area contributed by atoms with Crippen LogP contribution in [0, 0.1) is 0 Å². The molecule has 0 spiro atoms. The lowest BCUT2D eigenvalue weighted by atomic mass is 10.1. The van der Waals surface area contributed by atoms with Gasteiger partial charge in [-0.2, -0.15) is 0 Å². The highest BCUT2D eigenvalue weighted by atomic mass is 79.9. The van der Waals surface area contributed by atoms with Crippen LogP contribution in [0.25, 0.3) is 0 Å². The Morgan fingerprint density at radius 1 is 1.31 bits per heavy atom. The summed E-state index contributed by atoms with van der Waals surface area (Å²) in [5.41, 5.74) is 0.625. The fourth-order valence-corrected chi connectivity index (χ4v) is 3.39. The summed E-state index contributed by atoms with van der Waals surface area (Å²) in [7, 11) is 1.58. The maximum absolute atomic E-state index is 12.3. The monoisotopic (exact) mass is 428 g/mol. The van der Waals surface area contributed by atoms with E-state index in [4.69, 9.17) is 9.47 Å². The number of hydrogen-bond donors (Lipinski definition) is 2. The summed E-state index contributed by atoms with van der Waals surface area (Å²) in [6, 6.07) is 3.82. The lowest BCUT2D eigenvalue weighted by Gasteiger charge is -2.27. The first-order chi connectivity index (χ1) is 12.4. The van der Waals surface area contributed by atoms with Gasteiger partial charge in [-0.1, -0.05) is 0 Å². The summed E-state index contributed by atoms with van der Waals surface area (Å²) >= 11 is 3.52. The van der Waals surface area contributed by atoms with E-state index in [0.29, 0.717) is 18.0 Å². The molecule has 1 heterocycles. The van der Waals surface area contributed by atoms with Crippen molar-refractivity contribution in [2.75, 3.05) is 33.4 Å². The van der Waals surface area contributed by atoms with E-state index in [9.17, 15) is 9.90 Å². The van der Waals surface area contributed by atoms with Gasteiger partial charge in [-0.25, -0.2) is 0 Å². The first-order valence-electron chi connectivity index (χ1n) is 8.99. The zero-order chi connectivity index (χ0) is 19.2. The molecule has 0 radical (unpaired) electrons. The number of likely N-dealkylation sites (tertiary alicyclic amines) is 1. The van der Waals surface area contributed by atoms with Crippen LogP contribution in [0.5, 0.6) is 11.5 Å². The first-order valence-corrected chi connectivity index (χ1v) is 9.78. The zero-order valence-corrected chi connectivity index (χ0v) is 17.4. The van der Waals surface area contributed by atoms with Gasteiger partial charge in [-0.05, 0) is 66.7 Å². The van der Waals surface area contributed by atoms with Gasteiger partial charge in [0.1, 0.15) is 0 Å². The highest BCUT2D eigenvalue weighted by Crippen LogP contribution is 2.36. The van der Waals surface area contributed by atoms with Gasteiger partial charge in [0.15, 0.2) is 18.1 Å². The highest BCUT2D eigenvalue weighted by Gasteiger charge is 2.20. The van der Waals surface area contributed by atoms with E-state index in [2.05, 4.69) is 21.2 Å². The fraction of sp³-hybridized carbons (Fsp3) is 0.632. The molecule has 6 nitrogen and oxygen atoms in total. The van der Waals surface area contributed by atoms with Gasteiger partial charge in [-0.15, -0.1) is 0 Å². The SMILES string of the molecule is COc1cc(CNC(C)(C)CO)cc(Br)c1OCC(=O)N1CCCCC1. The van der Waals surface area contributed by atoms with Crippen molar-refractivity contribution >= 4 is 21.8 Å². The van der Waals surface area contributed by atoms with E-state index in [1.807, 2.05) is 30.9 Å². The number of benzene rings is 1. The molecule has 1 amide bonds. The molecule has 0 bridgehead atoms. The van der Waals surface area contributed by atoms with Crippen LogP contribution >= 0.6 is 15.9 Å². The third-order valence-electron chi connectivity index (χ3n) is 4.50. The largest absolute Gasteiger partial charge is 0.493 e. The number of rotatable bonds is 8. The highest BCUT2D eigenvalue weighted by molar-refractivity contribution is 9.10. The molecule has 7 heteroatoms. The zero-order valence-electron chi connectivity index (χ0n) is 15.8. The number of aliphatic hydroxyl groups is 1. The molecular formula is C19H29BrN2O4. The molecule has 1 saturated heterocycles. The molecule has 1 aromatic rings. The summed E-state index contributed by atoms with van der Waals surface area (Å²) in [5.74, 6) is 1.11. The van der Waals surface area contributed by atoms with Crippen LogP contribution in [0.15, 0.2) is 16.6 Å². The molecule has 0 atom stereocenters. The van der Waals surface area contributed by atoms with Crippen LogP contribution in [0.2, 0.25) is 0 Å². The first kappa shape index (κ1) is 21.0.